The molecule has 0 bridgehead atoms. The van der Waals surface area contributed by atoms with Crippen molar-refractivity contribution in [1.82, 2.24) is 10.2 Å². The second kappa shape index (κ2) is 11.3. The molecule has 0 aliphatic carbocycles. The van der Waals surface area contributed by atoms with Gasteiger partial charge in [-0.15, -0.1) is 0 Å². The number of carbonyl (C=O) groups excluding carboxylic acids is 2. The van der Waals surface area contributed by atoms with Crippen molar-refractivity contribution in [3.63, 3.8) is 0 Å². The molecule has 0 spiro atoms. The average molecular weight is 546 g/mol. The quantitative estimate of drug-likeness (QED) is 0.424. The third-order valence-corrected chi connectivity index (χ3v) is 8.04. The van der Waals surface area contributed by atoms with E-state index in [4.69, 9.17) is 23.2 Å². The molecule has 1 N–H and O–H groups in total. The van der Waals surface area contributed by atoms with E-state index in [-0.39, 0.29) is 33.1 Å². The van der Waals surface area contributed by atoms with E-state index in [1.807, 2.05) is 29.2 Å². The monoisotopic (exact) mass is 545 g/mol. The molecule has 7 nitrogen and oxygen atoms in total. The van der Waals surface area contributed by atoms with Crippen LogP contribution in [-0.2, 0) is 32.7 Å². The first-order valence-electron chi connectivity index (χ1n) is 11.4. The molecule has 1 aliphatic rings. The van der Waals surface area contributed by atoms with E-state index in [1.54, 1.807) is 18.2 Å². The molecule has 3 aromatic carbocycles. The SMILES string of the molecule is O=C(CN(c1cc(Cl)cc(Cl)c1)S(=O)(=O)c1ccccc1)NCc1ccc(CN2CCCC2=O)cc1. The smallest absolute Gasteiger partial charge is 0.264 e. The van der Waals surface area contributed by atoms with Crippen LogP contribution in [-0.4, -0.2) is 38.2 Å². The van der Waals surface area contributed by atoms with Crippen LogP contribution in [0.3, 0.4) is 0 Å². The lowest BCUT2D eigenvalue weighted by Gasteiger charge is -2.24. The first kappa shape index (κ1) is 26.0. The maximum Gasteiger partial charge on any atom is 0.264 e. The van der Waals surface area contributed by atoms with Crippen molar-refractivity contribution in [2.24, 2.45) is 0 Å². The maximum absolute atomic E-state index is 13.4. The summed E-state index contributed by atoms with van der Waals surface area (Å²) < 4.78 is 27.8. The molecule has 1 fully saturated rings. The van der Waals surface area contributed by atoms with Crippen LogP contribution < -0.4 is 9.62 Å². The van der Waals surface area contributed by atoms with Crippen molar-refractivity contribution >= 4 is 50.7 Å². The number of amides is 2. The van der Waals surface area contributed by atoms with Gasteiger partial charge in [-0.1, -0.05) is 65.7 Å². The van der Waals surface area contributed by atoms with Crippen LogP contribution in [0, 0.1) is 0 Å². The number of benzene rings is 3. The Kier molecular flexibility index (Phi) is 8.18. The fraction of sp³-hybridized carbons (Fsp3) is 0.231. The largest absolute Gasteiger partial charge is 0.350 e. The van der Waals surface area contributed by atoms with Gasteiger partial charge in [-0.25, -0.2) is 8.42 Å². The van der Waals surface area contributed by atoms with Crippen LogP contribution in [0.5, 0.6) is 0 Å². The number of nitrogens with zero attached hydrogens (tertiary/aromatic N) is 2. The number of likely N-dealkylation sites (tertiary alicyclic amines) is 1. The summed E-state index contributed by atoms with van der Waals surface area (Å²) in [6.45, 7) is 1.11. The highest BCUT2D eigenvalue weighted by atomic mass is 35.5. The van der Waals surface area contributed by atoms with Gasteiger partial charge < -0.3 is 10.2 Å². The summed E-state index contributed by atoms with van der Waals surface area (Å²) in [4.78, 5) is 26.6. The summed E-state index contributed by atoms with van der Waals surface area (Å²) >= 11 is 12.2. The Morgan fingerprint density at radius 2 is 1.58 bits per heavy atom. The normalized spacial score (nSPS) is 13.6. The predicted molar refractivity (Wildman–Crippen MR) is 140 cm³/mol. The number of carbonyl (C=O) groups is 2. The lowest BCUT2D eigenvalue weighted by Crippen LogP contribution is -2.40. The molecule has 1 saturated heterocycles. The average Bonchev–Trinajstić information content (AvgIpc) is 3.26. The Hall–Kier alpha value is -3.07. The number of rotatable bonds is 9. The Balaban J connectivity index is 1.46. The van der Waals surface area contributed by atoms with Crippen LogP contribution in [0.1, 0.15) is 24.0 Å². The molecule has 0 saturated carbocycles. The van der Waals surface area contributed by atoms with Gasteiger partial charge in [0, 0.05) is 36.1 Å². The molecule has 188 valence electrons. The minimum Gasteiger partial charge on any atom is -0.350 e. The molecule has 36 heavy (non-hydrogen) atoms. The van der Waals surface area contributed by atoms with Gasteiger partial charge >= 0.3 is 0 Å². The molecule has 4 rings (SSSR count). The van der Waals surface area contributed by atoms with Gasteiger partial charge in [0.05, 0.1) is 10.6 Å². The van der Waals surface area contributed by atoms with Gasteiger partial charge in [0.25, 0.3) is 10.0 Å². The lowest BCUT2D eigenvalue weighted by atomic mass is 10.1. The van der Waals surface area contributed by atoms with E-state index in [2.05, 4.69) is 5.32 Å². The lowest BCUT2D eigenvalue weighted by molar-refractivity contribution is -0.128. The minimum absolute atomic E-state index is 0.0426. The summed E-state index contributed by atoms with van der Waals surface area (Å²) in [6, 6.07) is 19.9. The first-order chi connectivity index (χ1) is 17.2. The molecular weight excluding hydrogens is 521 g/mol. The van der Waals surface area contributed by atoms with Gasteiger partial charge in [0.1, 0.15) is 6.54 Å². The molecule has 10 heteroatoms. The van der Waals surface area contributed by atoms with Crippen LogP contribution in [0.25, 0.3) is 0 Å². The number of hydrogen-bond acceptors (Lipinski definition) is 4. The van der Waals surface area contributed by atoms with Crippen LogP contribution in [0.15, 0.2) is 77.7 Å². The summed E-state index contributed by atoms with van der Waals surface area (Å²) in [7, 11) is -4.06. The van der Waals surface area contributed by atoms with Crippen molar-refractivity contribution in [2.75, 3.05) is 17.4 Å². The van der Waals surface area contributed by atoms with E-state index in [1.165, 1.54) is 30.3 Å². The van der Waals surface area contributed by atoms with E-state index in [0.717, 1.165) is 28.4 Å². The Labute approximate surface area is 220 Å². The Morgan fingerprint density at radius 3 is 2.19 bits per heavy atom. The second-order valence-corrected chi connectivity index (χ2v) is 11.2. The maximum atomic E-state index is 13.4. The molecule has 0 aromatic heterocycles. The zero-order chi connectivity index (χ0) is 25.7. The zero-order valence-electron chi connectivity index (χ0n) is 19.4. The molecule has 0 unspecified atom stereocenters. The topological polar surface area (TPSA) is 86.8 Å². The van der Waals surface area contributed by atoms with E-state index >= 15 is 0 Å². The van der Waals surface area contributed by atoms with E-state index < -0.39 is 22.5 Å². The Bertz CT molecular complexity index is 1330. The predicted octanol–water partition coefficient (Wildman–Crippen LogP) is 4.63. The van der Waals surface area contributed by atoms with Crippen LogP contribution >= 0.6 is 23.2 Å². The number of sulfonamides is 1. The molecule has 3 aromatic rings. The third kappa shape index (κ3) is 6.37. The molecule has 0 atom stereocenters. The number of halogens is 2. The first-order valence-corrected chi connectivity index (χ1v) is 13.6. The van der Waals surface area contributed by atoms with Gasteiger partial charge in [0.2, 0.25) is 11.8 Å². The summed E-state index contributed by atoms with van der Waals surface area (Å²) in [5, 5.41) is 3.28. The molecule has 1 heterocycles. The summed E-state index contributed by atoms with van der Waals surface area (Å²) in [6.07, 6.45) is 1.49. The van der Waals surface area contributed by atoms with Crippen molar-refractivity contribution < 1.29 is 18.0 Å². The molecular formula is C26H25Cl2N3O4S. The number of hydrogen-bond donors (Lipinski definition) is 1. The summed E-state index contributed by atoms with van der Waals surface area (Å²) in [5.74, 6) is -0.320. The van der Waals surface area contributed by atoms with Crippen molar-refractivity contribution in [3.05, 3.63) is 94.0 Å². The molecule has 1 aliphatic heterocycles. The number of anilines is 1. The highest BCUT2D eigenvalue weighted by molar-refractivity contribution is 7.92. The Morgan fingerprint density at radius 1 is 0.944 bits per heavy atom. The fourth-order valence-corrected chi connectivity index (χ4v) is 5.90. The van der Waals surface area contributed by atoms with Gasteiger partial charge in [0.15, 0.2) is 0 Å². The third-order valence-electron chi connectivity index (χ3n) is 5.81. The van der Waals surface area contributed by atoms with E-state index in [9.17, 15) is 18.0 Å². The molecule has 2 amide bonds. The minimum atomic E-state index is -4.06. The number of nitrogens with one attached hydrogen (secondary N) is 1. The van der Waals surface area contributed by atoms with Crippen LogP contribution in [0.4, 0.5) is 5.69 Å². The van der Waals surface area contributed by atoms with Gasteiger partial charge in [-0.2, -0.15) is 0 Å². The van der Waals surface area contributed by atoms with Gasteiger partial charge in [-0.05, 0) is 47.9 Å². The van der Waals surface area contributed by atoms with Gasteiger partial charge in [-0.3, -0.25) is 13.9 Å². The second-order valence-electron chi connectivity index (χ2n) is 8.46. The van der Waals surface area contributed by atoms with Crippen LogP contribution in [0.2, 0.25) is 10.0 Å². The fourth-order valence-electron chi connectivity index (χ4n) is 3.96. The van der Waals surface area contributed by atoms with E-state index in [0.29, 0.717) is 13.0 Å². The highest BCUT2D eigenvalue weighted by Gasteiger charge is 2.27. The van der Waals surface area contributed by atoms with Crippen molar-refractivity contribution in [1.29, 1.82) is 0 Å². The zero-order valence-corrected chi connectivity index (χ0v) is 21.7. The molecule has 0 radical (unpaired) electrons. The summed E-state index contributed by atoms with van der Waals surface area (Å²) in [5.41, 5.74) is 2.05. The van der Waals surface area contributed by atoms with Crippen molar-refractivity contribution in [3.8, 4) is 0 Å². The highest BCUT2D eigenvalue weighted by Crippen LogP contribution is 2.29. The van der Waals surface area contributed by atoms with Crippen molar-refractivity contribution in [2.45, 2.75) is 30.8 Å². The standard InChI is InChI=1S/C26H25Cl2N3O4S/c27-21-13-22(28)15-23(14-21)31(36(34,35)24-5-2-1-3-6-24)18-25(32)29-16-19-8-10-20(11-9-19)17-30-12-4-7-26(30)33/h1-3,5-6,8-11,13-15H,4,7,12,16-18H2,(H,29,32).